The Balaban J connectivity index is 1.91. The summed E-state index contributed by atoms with van der Waals surface area (Å²) < 4.78 is 7.27. The number of carbonyl (C=O) groups is 2. The van der Waals surface area contributed by atoms with Gasteiger partial charge in [-0.1, -0.05) is 13.8 Å². The van der Waals surface area contributed by atoms with Crippen molar-refractivity contribution in [3.05, 3.63) is 17.0 Å². The van der Waals surface area contributed by atoms with Crippen LogP contribution in [0.15, 0.2) is 0 Å². The van der Waals surface area contributed by atoms with E-state index >= 15 is 0 Å². The number of aromatic nitrogens is 2. The topological polar surface area (TPSA) is 93.5 Å². The van der Waals surface area contributed by atoms with E-state index in [0.717, 1.165) is 23.5 Å². The highest BCUT2D eigenvalue weighted by atomic mass is 16.5. The Bertz CT molecular complexity index is 645. The first-order valence-electron chi connectivity index (χ1n) is 9.36. The minimum absolute atomic E-state index is 0.118. The van der Waals surface area contributed by atoms with E-state index in [1.807, 2.05) is 18.5 Å². The fraction of sp³-hybridized carbons (Fsp3) is 0.737. The van der Waals surface area contributed by atoms with E-state index in [9.17, 15) is 14.7 Å². The highest BCUT2D eigenvalue weighted by Crippen LogP contribution is 2.30. The Morgan fingerprint density at radius 1 is 1.31 bits per heavy atom. The highest BCUT2D eigenvalue weighted by Gasteiger charge is 2.40. The van der Waals surface area contributed by atoms with Gasteiger partial charge in [-0.15, -0.1) is 0 Å². The first kappa shape index (κ1) is 20.4. The van der Waals surface area contributed by atoms with Crippen molar-refractivity contribution in [1.29, 1.82) is 0 Å². The lowest BCUT2D eigenvalue weighted by atomic mass is 9.80. The molecule has 2 heterocycles. The van der Waals surface area contributed by atoms with Crippen LogP contribution in [0.3, 0.4) is 0 Å². The van der Waals surface area contributed by atoms with Gasteiger partial charge in [-0.3, -0.25) is 14.3 Å². The molecule has 2 N–H and O–H groups in total. The number of carboxylic acid groups (broad SMARTS) is 1. The minimum Gasteiger partial charge on any atom is -0.481 e. The Kier molecular flexibility index (Phi) is 6.81. The van der Waals surface area contributed by atoms with Gasteiger partial charge in [0.15, 0.2) is 0 Å². The third-order valence-corrected chi connectivity index (χ3v) is 5.20. The molecule has 1 fully saturated rings. The number of carboxylic acids is 1. The third-order valence-electron chi connectivity index (χ3n) is 5.20. The lowest BCUT2D eigenvalue weighted by molar-refractivity contribution is -0.154. The Labute approximate surface area is 155 Å². The zero-order chi connectivity index (χ0) is 19.3. The molecule has 1 aromatic rings. The number of aryl methyl sites for hydroxylation is 1. The molecule has 1 saturated heterocycles. The van der Waals surface area contributed by atoms with Crippen LogP contribution in [0.2, 0.25) is 0 Å². The zero-order valence-electron chi connectivity index (χ0n) is 16.3. The predicted molar refractivity (Wildman–Crippen MR) is 98.0 cm³/mol. The number of rotatable bonds is 8. The Morgan fingerprint density at radius 2 is 1.96 bits per heavy atom. The molecule has 0 saturated carbocycles. The van der Waals surface area contributed by atoms with E-state index in [0.29, 0.717) is 44.8 Å². The third kappa shape index (κ3) is 4.84. The molecule has 26 heavy (non-hydrogen) atoms. The van der Waals surface area contributed by atoms with Crippen molar-refractivity contribution in [2.75, 3.05) is 19.8 Å². The van der Waals surface area contributed by atoms with Gasteiger partial charge in [0.2, 0.25) is 5.91 Å². The highest BCUT2D eigenvalue weighted by molar-refractivity contribution is 5.79. The summed E-state index contributed by atoms with van der Waals surface area (Å²) in [5.41, 5.74) is 2.28. The fourth-order valence-electron chi connectivity index (χ4n) is 3.44. The fourth-order valence-corrected chi connectivity index (χ4v) is 3.44. The summed E-state index contributed by atoms with van der Waals surface area (Å²) in [6.07, 6.45) is 1.82. The molecule has 7 heteroatoms. The van der Waals surface area contributed by atoms with Crippen molar-refractivity contribution < 1.29 is 19.4 Å². The van der Waals surface area contributed by atoms with Gasteiger partial charge < -0.3 is 15.2 Å². The largest absolute Gasteiger partial charge is 0.481 e. The number of hydrogen-bond acceptors (Lipinski definition) is 4. The van der Waals surface area contributed by atoms with Crippen LogP contribution in [0.25, 0.3) is 0 Å². The molecule has 1 amide bonds. The second kappa shape index (κ2) is 8.66. The van der Waals surface area contributed by atoms with Crippen molar-refractivity contribution in [3.63, 3.8) is 0 Å². The smallest absolute Gasteiger partial charge is 0.311 e. The van der Waals surface area contributed by atoms with Crippen molar-refractivity contribution in [2.45, 2.75) is 59.9 Å². The molecule has 1 aromatic heterocycles. The van der Waals surface area contributed by atoms with E-state index in [4.69, 9.17) is 4.74 Å². The maximum atomic E-state index is 12.3. The van der Waals surface area contributed by atoms with Gasteiger partial charge in [0.1, 0.15) is 0 Å². The summed E-state index contributed by atoms with van der Waals surface area (Å²) in [7, 11) is 0. The average molecular weight is 365 g/mol. The van der Waals surface area contributed by atoms with Gasteiger partial charge in [0, 0.05) is 38.4 Å². The van der Waals surface area contributed by atoms with Crippen LogP contribution >= 0.6 is 0 Å². The van der Waals surface area contributed by atoms with Gasteiger partial charge >= 0.3 is 5.97 Å². The van der Waals surface area contributed by atoms with Gasteiger partial charge in [-0.2, -0.15) is 5.10 Å². The zero-order valence-corrected chi connectivity index (χ0v) is 16.3. The van der Waals surface area contributed by atoms with Crippen LogP contribution in [0.5, 0.6) is 0 Å². The number of hydrogen-bond donors (Lipinski definition) is 2. The molecule has 0 spiro atoms. The number of amides is 1. The van der Waals surface area contributed by atoms with Gasteiger partial charge in [-0.05, 0) is 44.6 Å². The molecule has 1 aliphatic heterocycles. The molecule has 0 bridgehead atoms. The van der Waals surface area contributed by atoms with Crippen LogP contribution in [0.1, 0.15) is 50.1 Å². The quantitative estimate of drug-likeness (QED) is 0.736. The second-order valence-electron chi connectivity index (χ2n) is 7.70. The summed E-state index contributed by atoms with van der Waals surface area (Å²) in [5.74, 6) is -0.467. The number of ether oxygens (including phenoxy) is 1. The molecular formula is C19H31N3O4. The second-order valence-corrected chi connectivity index (χ2v) is 7.70. The molecule has 0 aliphatic carbocycles. The molecule has 0 aromatic carbocycles. The van der Waals surface area contributed by atoms with Crippen LogP contribution in [-0.4, -0.2) is 46.5 Å². The van der Waals surface area contributed by atoms with Crippen LogP contribution in [-0.2, 0) is 27.3 Å². The summed E-state index contributed by atoms with van der Waals surface area (Å²) in [6.45, 7) is 10.2. The SMILES string of the molecule is Cc1nn(CC(C)C)c(C)c1CCC(=O)NCC1(C(=O)O)CCOCC1. The van der Waals surface area contributed by atoms with E-state index < -0.39 is 11.4 Å². The molecule has 7 nitrogen and oxygen atoms in total. The van der Waals surface area contributed by atoms with Crippen molar-refractivity contribution in [3.8, 4) is 0 Å². The predicted octanol–water partition coefficient (Wildman–Crippen LogP) is 2.09. The molecule has 146 valence electrons. The van der Waals surface area contributed by atoms with Gasteiger partial charge in [0.25, 0.3) is 0 Å². The van der Waals surface area contributed by atoms with E-state index in [1.54, 1.807) is 0 Å². The first-order chi connectivity index (χ1) is 12.2. The average Bonchev–Trinajstić information content (AvgIpc) is 2.84. The monoisotopic (exact) mass is 365 g/mol. The molecule has 0 unspecified atom stereocenters. The molecule has 0 radical (unpaired) electrons. The number of nitrogens with one attached hydrogen (secondary N) is 1. The summed E-state index contributed by atoms with van der Waals surface area (Å²) in [6, 6.07) is 0. The molecule has 2 rings (SSSR count). The van der Waals surface area contributed by atoms with E-state index in [-0.39, 0.29) is 12.5 Å². The van der Waals surface area contributed by atoms with Crippen molar-refractivity contribution >= 4 is 11.9 Å². The maximum absolute atomic E-state index is 12.3. The number of nitrogens with zero attached hydrogens (tertiary/aromatic N) is 2. The lowest BCUT2D eigenvalue weighted by Crippen LogP contribution is -2.46. The maximum Gasteiger partial charge on any atom is 0.311 e. The van der Waals surface area contributed by atoms with Crippen LogP contribution < -0.4 is 5.32 Å². The van der Waals surface area contributed by atoms with Crippen molar-refractivity contribution in [2.24, 2.45) is 11.3 Å². The molecule has 0 atom stereocenters. The molecule has 1 aliphatic rings. The van der Waals surface area contributed by atoms with E-state index in [1.165, 1.54) is 0 Å². The minimum atomic E-state index is -0.901. The summed E-state index contributed by atoms with van der Waals surface area (Å²) in [5, 5.41) is 16.9. The van der Waals surface area contributed by atoms with E-state index in [2.05, 4.69) is 24.3 Å². The van der Waals surface area contributed by atoms with Crippen LogP contribution in [0, 0.1) is 25.2 Å². The van der Waals surface area contributed by atoms with Gasteiger partial charge in [-0.25, -0.2) is 0 Å². The summed E-state index contributed by atoms with van der Waals surface area (Å²) >= 11 is 0. The number of aliphatic carboxylic acids is 1. The van der Waals surface area contributed by atoms with Gasteiger partial charge in [0.05, 0.1) is 11.1 Å². The molecular weight excluding hydrogens is 334 g/mol. The Hall–Kier alpha value is -1.89. The van der Waals surface area contributed by atoms with Crippen LogP contribution in [0.4, 0.5) is 0 Å². The van der Waals surface area contributed by atoms with Crippen molar-refractivity contribution in [1.82, 2.24) is 15.1 Å². The summed E-state index contributed by atoms with van der Waals surface area (Å²) in [4.78, 5) is 23.9. The number of carbonyl (C=O) groups excluding carboxylic acids is 1. The lowest BCUT2D eigenvalue weighted by Gasteiger charge is -2.33. The first-order valence-corrected chi connectivity index (χ1v) is 9.36. The standard InChI is InChI=1S/C19H31N3O4/c1-13(2)11-22-15(4)16(14(3)21-22)5-6-17(23)20-12-19(18(24)25)7-9-26-10-8-19/h13H,5-12H2,1-4H3,(H,20,23)(H,24,25). The Morgan fingerprint density at radius 3 is 2.54 bits per heavy atom. The normalized spacial score (nSPS) is 16.7.